The molecular weight excluding hydrogens is 292 g/mol. The number of carbonyl (C=O) groups is 1. The molecule has 0 aliphatic heterocycles. The van der Waals surface area contributed by atoms with Crippen molar-refractivity contribution in [3.05, 3.63) is 50.4 Å². The molecule has 0 unspecified atom stereocenters. The van der Waals surface area contributed by atoms with Gasteiger partial charge in [-0.05, 0) is 56.9 Å². The lowest BCUT2D eigenvalue weighted by atomic mass is 9.97. The maximum Gasteiger partial charge on any atom is 0.229 e. The quantitative estimate of drug-likeness (QED) is 0.916. The van der Waals surface area contributed by atoms with Crippen LogP contribution in [0, 0.1) is 45.9 Å². The smallest absolute Gasteiger partial charge is 0.229 e. The molecule has 1 heterocycles. The van der Waals surface area contributed by atoms with Crippen molar-refractivity contribution < 1.29 is 4.79 Å². The number of rotatable bonds is 3. The van der Waals surface area contributed by atoms with Crippen molar-refractivity contribution >= 4 is 22.2 Å². The van der Waals surface area contributed by atoms with Crippen molar-refractivity contribution in [1.29, 1.82) is 5.26 Å². The van der Waals surface area contributed by atoms with E-state index in [2.05, 4.69) is 30.4 Å². The molecule has 1 aromatic carbocycles. The van der Waals surface area contributed by atoms with Gasteiger partial charge in [0.1, 0.15) is 11.1 Å². The number of amides is 1. The molecule has 0 saturated heterocycles. The molecule has 2 aromatic rings. The Morgan fingerprint density at radius 1 is 1.18 bits per heavy atom. The summed E-state index contributed by atoms with van der Waals surface area (Å²) in [5.41, 5.74) is 6.05. The van der Waals surface area contributed by atoms with Crippen molar-refractivity contribution in [2.45, 2.75) is 41.0 Å². The first-order valence-electron chi connectivity index (χ1n) is 7.20. The number of anilines is 1. The van der Waals surface area contributed by atoms with E-state index in [9.17, 15) is 10.1 Å². The zero-order chi connectivity index (χ0) is 16.4. The van der Waals surface area contributed by atoms with Crippen LogP contribution in [0.25, 0.3) is 0 Å². The van der Waals surface area contributed by atoms with Gasteiger partial charge in [-0.3, -0.25) is 4.79 Å². The van der Waals surface area contributed by atoms with Crippen LogP contribution < -0.4 is 5.32 Å². The summed E-state index contributed by atoms with van der Waals surface area (Å²) in [6.07, 6.45) is 0.332. The first-order valence-corrected chi connectivity index (χ1v) is 8.01. The fourth-order valence-electron chi connectivity index (χ4n) is 2.67. The lowest BCUT2D eigenvalue weighted by molar-refractivity contribution is -0.115. The van der Waals surface area contributed by atoms with Crippen molar-refractivity contribution in [2.75, 3.05) is 5.32 Å². The average Bonchev–Trinajstić information content (AvgIpc) is 2.68. The summed E-state index contributed by atoms with van der Waals surface area (Å²) < 4.78 is 0. The van der Waals surface area contributed by atoms with Crippen LogP contribution in [-0.2, 0) is 11.2 Å². The van der Waals surface area contributed by atoms with Gasteiger partial charge in [-0.25, -0.2) is 0 Å². The molecule has 2 rings (SSSR count). The molecule has 0 spiro atoms. The van der Waals surface area contributed by atoms with E-state index < -0.39 is 0 Å². The monoisotopic (exact) mass is 312 g/mol. The Morgan fingerprint density at radius 3 is 2.32 bits per heavy atom. The molecule has 0 aliphatic carbocycles. The highest BCUT2D eigenvalue weighted by molar-refractivity contribution is 7.16. The Kier molecular flexibility index (Phi) is 4.68. The summed E-state index contributed by atoms with van der Waals surface area (Å²) in [5, 5.41) is 12.8. The zero-order valence-electron chi connectivity index (χ0n) is 13.6. The second kappa shape index (κ2) is 6.33. The largest absolute Gasteiger partial charge is 0.316 e. The van der Waals surface area contributed by atoms with Gasteiger partial charge >= 0.3 is 0 Å². The Balaban J connectivity index is 2.22. The van der Waals surface area contributed by atoms with Crippen molar-refractivity contribution in [1.82, 2.24) is 0 Å². The van der Waals surface area contributed by atoms with E-state index in [0.29, 0.717) is 17.0 Å². The van der Waals surface area contributed by atoms with Crippen LogP contribution in [0.3, 0.4) is 0 Å². The van der Waals surface area contributed by atoms with Crippen LogP contribution in [0.15, 0.2) is 12.1 Å². The van der Waals surface area contributed by atoms with E-state index in [4.69, 9.17) is 0 Å². The first-order chi connectivity index (χ1) is 10.3. The normalized spacial score (nSPS) is 10.4. The van der Waals surface area contributed by atoms with Crippen LogP contribution in [0.1, 0.15) is 38.3 Å². The van der Waals surface area contributed by atoms with E-state index in [1.54, 1.807) is 0 Å². The summed E-state index contributed by atoms with van der Waals surface area (Å²) in [5.74, 6) is -0.0761. The summed E-state index contributed by atoms with van der Waals surface area (Å²) in [6, 6.07) is 6.37. The molecule has 0 aliphatic rings. The summed E-state index contributed by atoms with van der Waals surface area (Å²) >= 11 is 1.46. The molecule has 0 radical (unpaired) electrons. The summed E-state index contributed by atoms with van der Waals surface area (Å²) in [6.45, 7) is 9.99. The Hall–Kier alpha value is -2.12. The highest BCUT2D eigenvalue weighted by Crippen LogP contribution is 2.31. The Labute approximate surface area is 135 Å². The number of nitrogens with zero attached hydrogens (tertiary/aromatic N) is 1. The number of carbonyl (C=O) groups excluding carboxylic acids is 1. The van der Waals surface area contributed by atoms with Crippen LogP contribution in [0.4, 0.5) is 5.00 Å². The van der Waals surface area contributed by atoms with Gasteiger partial charge in [0.15, 0.2) is 0 Å². The van der Waals surface area contributed by atoms with Crippen LogP contribution >= 0.6 is 11.3 Å². The molecule has 1 N–H and O–H groups in total. The fraction of sp³-hybridized carbons (Fsp3) is 0.333. The second-order valence-electron chi connectivity index (χ2n) is 5.70. The minimum Gasteiger partial charge on any atom is -0.316 e. The van der Waals surface area contributed by atoms with E-state index in [1.807, 2.05) is 27.7 Å². The highest BCUT2D eigenvalue weighted by atomic mass is 32.1. The zero-order valence-corrected chi connectivity index (χ0v) is 14.4. The van der Waals surface area contributed by atoms with Crippen molar-refractivity contribution in [2.24, 2.45) is 0 Å². The molecule has 1 aromatic heterocycles. The van der Waals surface area contributed by atoms with E-state index in [0.717, 1.165) is 27.1 Å². The number of nitrogens with one attached hydrogen (secondary N) is 1. The first kappa shape index (κ1) is 16.3. The van der Waals surface area contributed by atoms with Gasteiger partial charge in [-0.1, -0.05) is 17.7 Å². The minimum absolute atomic E-state index is 0.0761. The van der Waals surface area contributed by atoms with Gasteiger partial charge in [0.25, 0.3) is 0 Å². The predicted molar refractivity (Wildman–Crippen MR) is 91.5 cm³/mol. The molecule has 4 heteroatoms. The predicted octanol–water partition coefficient (Wildman–Crippen LogP) is 4.34. The molecule has 0 saturated carbocycles. The molecule has 22 heavy (non-hydrogen) atoms. The SMILES string of the molecule is Cc1cc(C)c(CC(=O)Nc2sc(C)c(C)c2C#N)c(C)c1. The molecule has 3 nitrogen and oxygen atoms in total. The van der Waals surface area contributed by atoms with Crippen LogP contribution in [0.2, 0.25) is 0 Å². The van der Waals surface area contributed by atoms with Gasteiger partial charge < -0.3 is 5.32 Å². The van der Waals surface area contributed by atoms with Gasteiger partial charge in [-0.15, -0.1) is 11.3 Å². The van der Waals surface area contributed by atoms with E-state index in [-0.39, 0.29) is 5.91 Å². The molecule has 0 atom stereocenters. The minimum atomic E-state index is -0.0761. The maximum atomic E-state index is 12.3. The maximum absolute atomic E-state index is 12.3. The highest BCUT2D eigenvalue weighted by Gasteiger charge is 2.16. The van der Waals surface area contributed by atoms with Crippen molar-refractivity contribution in [3.8, 4) is 6.07 Å². The summed E-state index contributed by atoms with van der Waals surface area (Å²) in [4.78, 5) is 13.4. The second-order valence-corrected chi connectivity index (χ2v) is 6.93. The number of hydrogen-bond donors (Lipinski definition) is 1. The lowest BCUT2D eigenvalue weighted by Crippen LogP contribution is -2.16. The summed E-state index contributed by atoms with van der Waals surface area (Å²) in [7, 11) is 0. The topological polar surface area (TPSA) is 52.9 Å². The van der Waals surface area contributed by atoms with Crippen LogP contribution in [0.5, 0.6) is 0 Å². The molecule has 1 amide bonds. The van der Waals surface area contributed by atoms with E-state index >= 15 is 0 Å². The molecule has 114 valence electrons. The van der Waals surface area contributed by atoms with Gasteiger partial charge in [0.05, 0.1) is 12.0 Å². The fourth-order valence-corrected chi connectivity index (χ4v) is 3.70. The van der Waals surface area contributed by atoms with Gasteiger partial charge in [0, 0.05) is 4.88 Å². The molecule has 0 bridgehead atoms. The third kappa shape index (κ3) is 3.20. The lowest BCUT2D eigenvalue weighted by Gasteiger charge is -2.11. The van der Waals surface area contributed by atoms with Crippen LogP contribution in [-0.4, -0.2) is 5.91 Å². The number of benzene rings is 1. The molecule has 0 fully saturated rings. The van der Waals surface area contributed by atoms with Crippen molar-refractivity contribution in [3.63, 3.8) is 0 Å². The Morgan fingerprint density at radius 2 is 1.77 bits per heavy atom. The number of aryl methyl sites for hydroxylation is 4. The molecular formula is C18H20N2OS. The number of hydrogen-bond acceptors (Lipinski definition) is 3. The van der Waals surface area contributed by atoms with Gasteiger partial charge in [-0.2, -0.15) is 5.26 Å². The number of thiophene rings is 1. The third-order valence-corrected chi connectivity index (χ3v) is 5.05. The Bertz CT molecular complexity index is 758. The van der Waals surface area contributed by atoms with E-state index in [1.165, 1.54) is 16.9 Å². The standard InChI is InChI=1S/C18H20N2OS/c1-10-6-11(2)15(12(3)7-10)8-17(21)20-18-16(9-19)13(4)14(5)22-18/h6-7H,8H2,1-5H3,(H,20,21). The number of nitriles is 1. The average molecular weight is 312 g/mol. The van der Waals surface area contributed by atoms with Gasteiger partial charge in [0.2, 0.25) is 5.91 Å². The third-order valence-electron chi connectivity index (χ3n) is 3.93.